The minimum atomic E-state index is -3.56. The van der Waals surface area contributed by atoms with Crippen LogP contribution in [0.4, 0.5) is 11.4 Å². The quantitative estimate of drug-likeness (QED) is 0.688. The molecule has 1 unspecified atom stereocenters. The fraction of sp³-hybridized carbons (Fsp3) is 0.417. The van der Waals surface area contributed by atoms with Gasteiger partial charge >= 0.3 is 0 Å². The monoisotopic (exact) mass is 457 g/mol. The lowest BCUT2D eigenvalue weighted by molar-refractivity contribution is -0.122. The van der Waals surface area contributed by atoms with E-state index in [2.05, 4.69) is 5.32 Å². The van der Waals surface area contributed by atoms with E-state index in [1.165, 1.54) is 16.4 Å². The number of hydrogen-bond acceptors (Lipinski definition) is 4. The van der Waals surface area contributed by atoms with Crippen LogP contribution in [0.2, 0.25) is 0 Å². The Bertz CT molecular complexity index is 1100. The van der Waals surface area contributed by atoms with Gasteiger partial charge in [0.05, 0.1) is 10.8 Å². The molecule has 0 bridgehead atoms. The summed E-state index contributed by atoms with van der Waals surface area (Å²) < 4.78 is 26.7. The van der Waals surface area contributed by atoms with Crippen molar-refractivity contribution < 1.29 is 18.0 Å². The van der Waals surface area contributed by atoms with Gasteiger partial charge in [0.15, 0.2) is 0 Å². The summed E-state index contributed by atoms with van der Waals surface area (Å²) in [5.41, 5.74) is 4.49. The van der Waals surface area contributed by atoms with Crippen molar-refractivity contribution in [2.45, 2.75) is 45.9 Å². The molecule has 1 atom stereocenters. The molecule has 32 heavy (non-hydrogen) atoms. The average Bonchev–Trinajstić information content (AvgIpc) is 3.13. The zero-order chi connectivity index (χ0) is 23.6. The van der Waals surface area contributed by atoms with E-state index < -0.39 is 15.9 Å². The van der Waals surface area contributed by atoms with E-state index in [1.807, 2.05) is 32.9 Å². The van der Waals surface area contributed by atoms with E-state index >= 15 is 0 Å². The first kappa shape index (κ1) is 23.9. The second-order valence-electron chi connectivity index (χ2n) is 8.25. The Morgan fingerprint density at radius 2 is 1.62 bits per heavy atom. The predicted molar refractivity (Wildman–Crippen MR) is 126 cm³/mol. The number of carbonyl (C=O) groups excluding carboxylic acids is 2. The van der Waals surface area contributed by atoms with Crippen LogP contribution in [-0.4, -0.2) is 44.2 Å². The Morgan fingerprint density at radius 3 is 2.16 bits per heavy atom. The molecule has 2 amide bonds. The Balaban J connectivity index is 1.74. The molecule has 0 saturated carbocycles. The molecule has 172 valence electrons. The highest BCUT2D eigenvalue weighted by Crippen LogP contribution is 2.29. The van der Waals surface area contributed by atoms with Crippen LogP contribution >= 0.6 is 0 Å². The fourth-order valence-electron chi connectivity index (χ4n) is 4.25. The summed E-state index contributed by atoms with van der Waals surface area (Å²) in [5, 5.41) is 2.99. The third kappa shape index (κ3) is 4.71. The maximum Gasteiger partial charge on any atom is 0.243 e. The van der Waals surface area contributed by atoms with Crippen LogP contribution in [0.15, 0.2) is 41.3 Å². The van der Waals surface area contributed by atoms with Crippen molar-refractivity contribution in [3.05, 3.63) is 53.1 Å². The van der Waals surface area contributed by atoms with Gasteiger partial charge in [-0.1, -0.05) is 31.5 Å². The van der Waals surface area contributed by atoms with E-state index in [-0.39, 0.29) is 29.7 Å². The van der Waals surface area contributed by atoms with E-state index in [0.29, 0.717) is 18.8 Å². The second-order valence-corrected chi connectivity index (χ2v) is 10.2. The van der Waals surface area contributed by atoms with E-state index in [9.17, 15) is 18.0 Å². The molecular weight excluding hydrogens is 426 g/mol. The summed E-state index contributed by atoms with van der Waals surface area (Å²) in [6.45, 7) is 10.6. The number of anilines is 2. The number of sulfonamides is 1. The van der Waals surface area contributed by atoms with Crippen molar-refractivity contribution in [1.29, 1.82) is 0 Å². The van der Waals surface area contributed by atoms with Gasteiger partial charge in [-0.2, -0.15) is 4.31 Å². The van der Waals surface area contributed by atoms with Gasteiger partial charge in [0.1, 0.15) is 0 Å². The summed E-state index contributed by atoms with van der Waals surface area (Å²) in [6, 6.07) is 10.3. The van der Waals surface area contributed by atoms with Gasteiger partial charge in [0.25, 0.3) is 0 Å². The molecule has 0 spiro atoms. The summed E-state index contributed by atoms with van der Waals surface area (Å²) >= 11 is 0. The zero-order valence-corrected chi connectivity index (χ0v) is 20.1. The molecule has 1 fully saturated rings. The van der Waals surface area contributed by atoms with Crippen molar-refractivity contribution in [2.24, 2.45) is 5.92 Å². The number of rotatable bonds is 7. The van der Waals surface area contributed by atoms with Crippen LogP contribution in [0.3, 0.4) is 0 Å². The zero-order valence-electron chi connectivity index (χ0n) is 19.3. The Labute approximate surface area is 190 Å². The number of hydrogen-bond donors (Lipinski definition) is 1. The molecule has 1 heterocycles. The molecule has 1 saturated heterocycles. The maximum atomic E-state index is 12.9. The fourth-order valence-corrected chi connectivity index (χ4v) is 5.70. The van der Waals surface area contributed by atoms with Gasteiger partial charge in [-0.05, 0) is 56.2 Å². The normalized spacial score (nSPS) is 16.6. The lowest BCUT2D eigenvalue weighted by Crippen LogP contribution is -2.31. The topological polar surface area (TPSA) is 86.8 Å². The first-order valence-electron chi connectivity index (χ1n) is 10.9. The SMILES string of the molecule is CCN(CC)S(=O)(=O)c1ccc(N2CC(C(=O)Nc3c(C)cc(C)cc3C)CC2=O)cc1. The predicted octanol–water partition coefficient (Wildman–Crippen LogP) is 3.63. The smallest absolute Gasteiger partial charge is 0.243 e. The van der Waals surface area contributed by atoms with Gasteiger partial charge in [-0.3, -0.25) is 9.59 Å². The van der Waals surface area contributed by atoms with Crippen molar-refractivity contribution in [1.82, 2.24) is 4.31 Å². The molecule has 1 aliphatic rings. The summed E-state index contributed by atoms with van der Waals surface area (Å²) in [6.07, 6.45) is 0.120. The van der Waals surface area contributed by atoms with Crippen LogP contribution in [0.5, 0.6) is 0 Å². The van der Waals surface area contributed by atoms with Crippen molar-refractivity contribution >= 4 is 33.2 Å². The third-order valence-electron chi connectivity index (χ3n) is 5.91. The Kier molecular flexibility index (Phi) is 7.05. The largest absolute Gasteiger partial charge is 0.325 e. The Morgan fingerprint density at radius 1 is 1.06 bits per heavy atom. The van der Waals surface area contributed by atoms with Crippen LogP contribution in [0.25, 0.3) is 0 Å². The number of carbonyl (C=O) groups is 2. The van der Waals surface area contributed by atoms with Crippen LogP contribution in [0, 0.1) is 26.7 Å². The van der Waals surface area contributed by atoms with Crippen molar-refractivity contribution in [3.8, 4) is 0 Å². The number of benzene rings is 2. The molecule has 7 nitrogen and oxygen atoms in total. The third-order valence-corrected chi connectivity index (χ3v) is 7.98. The highest BCUT2D eigenvalue weighted by molar-refractivity contribution is 7.89. The van der Waals surface area contributed by atoms with Crippen LogP contribution in [0.1, 0.15) is 37.0 Å². The lowest BCUT2D eigenvalue weighted by Gasteiger charge is -2.20. The van der Waals surface area contributed by atoms with E-state index in [4.69, 9.17) is 0 Å². The molecule has 8 heteroatoms. The molecule has 1 N–H and O–H groups in total. The Hall–Kier alpha value is -2.71. The van der Waals surface area contributed by atoms with Crippen LogP contribution < -0.4 is 10.2 Å². The summed E-state index contributed by atoms with van der Waals surface area (Å²) in [7, 11) is -3.56. The minimum absolute atomic E-state index is 0.120. The van der Waals surface area contributed by atoms with Crippen molar-refractivity contribution in [2.75, 3.05) is 29.9 Å². The highest BCUT2D eigenvalue weighted by atomic mass is 32.2. The lowest BCUT2D eigenvalue weighted by atomic mass is 10.0. The van der Waals surface area contributed by atoms with E-state index in [0.717, 1.165) is 22.4 Å². The van der Waals surface area contributed by atoms with Gasteiger partial charge in [0.2, 0.25) is 21.8 Å². The van der Waals surface area contributed by atoms with Gasteiger partial charge < -0.3 is 10.2 Å². The first-order valence-corrected chi connectivity index (χ1v) is 12.3. The molecule has 1 aliphatic heterocycles. The van der Waals surface area contributed by atoms with Crippen LogP contribution in [-0.2, 0) is 19.6 Å². The molecule has 2 aromatic carbocycles. The van der Waals surface area contributed by atoms with E-state index in [1.54, 1.807) is 30.9 Å². The molecule has 2 aromatic rings. The molecule has 3 rings (SSSR count). The molecule has 0 aromatic heterocycles. The molecule has 0 radical (unpaired) electrons. The van der Waals surface area contributed by atoms with Crippen molar-refractivity contribution in [3.63, 3.8) is 0 Å². The first-order chi connectivity index (χ1) is 15.1. The molecular formula is C24H31N3O4S. The molecule has 0 aliphatic carbocycles. The number of amides is 2. The standard InChI is InChI=1S/C24H31N3O4S/c1-6-26(7-2)32(30,31)21-10-8-20(9-11-21)27-15-19(14-22(27)28)24(29)25-23-17(4)12-16(3)13-18(23)5/h8-13,19H,6-7,14-15H2,1-5H3,(H,25,29). The van der Waals surface area contributed by atoms with Gasteiger partial charge in [0, 0.05) is 37.4 Å². The number of aryl methyl sites for hydroxylation is 3. The summed E-state index contributed by atoms with van der Waals surface area (Å²) in [4.78, 5) is 27.2. The highest BCUT2D eigenvalue weighted by Gasteiger charge is 2.35. The number of nitrogens with zero attached hydrogens (tertiary/aromatic N) is 2. The summed E-state index contributed by atoms with van der Waals surface area (Å²) in [5.74, 6) is -0.805. The second kappa shape index (κ2) is 9.42. The average molecular weight is 458 g/mol. The minimum Gasteiger partial charge on any atom is -0.325 e. The number of nitrogens with one attached hydrogen (secondary N) is 1. The van der Waals surface area contributed by atoms with Gasteiger partial charge in [-0.25, -0.2) is 8.42 Å². The maximum absolute atomic E-state index is 12.9. The van der Waals surface area contributed by atoms with Gasteiger partial charge in [-0.15, -0.1) is 0 Å².